The molecule has 3 aliphatic rings. The first-order valence-electron chi connectivity index (χ1n) is 9.21. The molecule has 2 heterocycles. The van der Waals surface area contributed by atoms with Crippen LogP contribution in [-0.2, 0) is 4.74 Å². The van der Waals surface area contributed by atoms with Crippen molar-refractivity contribution < 1.29 is 9.53 Å². The lowest BCUT2D eigenvalue weighted by atomic mass is 9.64. The van der Waals surface area contributed by atoms with E-state index in [2.05, 4.69) is 9.89 Å². The van der Waals surface area contributed by atoms with Gasteiger partial charge in [0.05, 0.1) is 12.6 Å². The smallest absolute Gasteiger partial charge is 0.409 e. The van der Waals surface area contributed by atoms with E-state index in [1.54, 1.807) is 6.08 Å². The highest BCUT2D eigenvalue weighted by Crippen LogP contribution is 2.50. The summed E-state index contributed by atoms with van der Waals surface area (Å²) < 4.78 is 5.13. The molecule has 0 aromatic rings. The van der Waals surface area contributed by atoms with E-state index >= 15 is 0 Å². The number of likely N-dealkylation sites (tertiary alicyclic amines) is 2. The molecule has 1 spiro atoms. The van der Waals surface area contributed by atoms with Crippen LogP contribution in [0.1, 0.15) is 39.0 Å². The van der Waals surface area contributed by atoms with Crippen molar-refractivity contribution in [1.29, 1.82) is 0 Å². The number of ether oxygens (including phenoxy) is 1. The number of nitrogens with two attached hydrogens (primary N) is 1. The minimum absolute atomic E-state index is 0.136. The van der Waals surface area contributed by atoms with E-state index in [-0.39, 0.29) is 6.09 Å². The number of piperidine rings is 1. The number of hydrogen-bond donors (Lipinski definition) is 1. The van der Waals surface area contributed by atoms with Gasteiger partial charge in [0, 0.05) is 38.4 Å². The standard InChI is InChI=1S/C18H30N4O2/c1-2-24-17(23)22-11-6-18(14-22)12-16(13-18)21-9-4-15(5-10-21)20-8-3-7-19/h3,7-8,15-16H,2,4-6,9-14,19H2,1H3. The molecule has 24 heavy (non-hydrogen) atoms. The Morgan fingerprint density at radius 3 is 2.75 bits per heavy atom. The number of nitrogens with zero attached hydrogens (tertiary/aromatic N) is 3. The highest BCUT2D eigenvalue weighted by molar-refractivity contribution is 5.70. The van der Waals surface area contributed by atoms with Crippen LogP contribution in [0.3, 0.4) is 0 Å². The highest BCUT2D eigenvalue weighted by atomic mass is 16.6. The van der Waals surface area contributed by atoms with Gasteiger partial charge in [0.15, 0.2) is 0 Å². The fourth-order valence-corrected chi connectivity index (χ4v) is 4.46. The second kappa shape index (κ2) is 7.55. The molecule has 3 fully saturated rings. The van der Waals surface area contributed by atoms with Gasteiger partial charge in [-0.15, -0.1) is 0 Å². The summed E-state index contributed by atoms with van der Waals surface area (Å²) in [6, 6.07) is 1.14. The average Bonchev–Trinajstić information content (AvgIpc) is 3.01. The summed E-state index contributed by atoms with van der Waals surface area (Å²) in [6.07, 6.45) is 10.9. The molecular formula is C18H30N4O2. The summed E-state index contributed by atoms with van der Waals surface area (Å²) in [7, 11) is 0. The quantitative estimate of drug-likeness (QED) is 0.798. The van der Waals surface area contributed by atoms with Crippen LogP contribution in [0.5, 0.6) is 0 Å². The fraction of sp³-hybridized carbons (Fsp3) is 0.778. The molecule has 1 amide bonds. The van der Waals surface area contributed by atoms with Crippen molar-refractivity contribution in [2.75, 3.05) is 32.8 Å². The molecule has 2 saturated heterocycles. The first-order chi connectivity index (χ1) is 11.7. The van der Waals surface area contributed by atoms with Gasteiger partial charge in [0.25, 0.3) is 0 Å². The third-order valence-corrected chi connectivity index (χ3v) is 5.81. The van der Waals surface area contributed by atoms with E-state index in [4.69, 9.17) is 10.5 Å². The molecule has 6 nitrogen and oxygen atoms in total. The van der Waals surface area contributed by atoms with Crippen LogP contribution in [0, 0.1) is 5.41 Å². The number of amides is 1. The number of hydrogen-bond acceptors (Lipinski definition) is 5. The zero-order chi connectivity index (χ0) is 17.0. The zero-order valence-electron chi connectivity index (χ0n) is 14.7. The van der Waals surface area contributed by atoms with E-state index in [1.165, 1.54) is 19.0 Å². The van der Waals surface area contributed by atoms with Gasteiger partial charge in [-0.3, -0.25) is 4.99 Å². The van der Waals surface area contributed by atoms with E-state index in [1.807, 2.05) is 18.0 Å². The van der Waals surface area contributed by atoms with E-state index < -0.39 is 0 Å². The Labute approximate surface area is 144 Å². The van der Waals surface area contributed by atoms with Gasteiger partial charge in [0.1, 0.15) is 0 Å². The number of allylic oxidation sites excluding steroid dienone is 1. The molecule has 134 valence electrons. The van der Waals surface area contributed by atoms with Gasteiger partial charge in [-0.25, -0.2) is 4.79 Å². The third kappa shape index (κ3) is 3.74. The average molecular weight is 334 g/mol. The number of rotatable bonds is 4. The number of carbonyl (C=O) groups excluding carboxylic acids is 1. The van der Waals surface area contributed by atoms with Crippen LogP contribution >= 0.6 is 0 Å². The number of carbonyl (C=O) groups is 1. The Morgan fingerprint density at radius 1 is 1.33 bits per heavy atom. The number of aliphatic imine (C=N–C) groups is 1. The SMILES string of the molecule is CCOC(=O)N1CCC2(CC(N3CCC(N=CC=CN)CC3)C2)C1. The summed E-state index contributed by atoms with van der Waals surface area (Å²) >= 11 is 0. The summed E-state index contributed by atoms with van der Waals surface area (Å²) in [5.74, 6) is 0. The van der Waals surface area contributed by atoms with Crippen molar-refractivity contribution in [2.24, 2.45) is 16.1 Å². The fourth-order valence-electron chi connectivity index (χ4n) is 4.46. The van der Waals surface area contributed by atoms with Gasteiger partial charge in [-0.1, -0.05) is 0 Å². The van der Waals surface area contributed by atoms with Crippen LogP contribution in [0.2, 0.25) is 0 Å². The molecule has 0 unspecified atom stereocenters. The lowest BCUT2D eigenvalue weighted by Gasteiger charge is -2.51. The van der Waals surface area contributed by atoms with Crippen LogP contribution in [0.25, 0.3) is 0 Å². The summed E-state index contributed by atoms with van der Waals surface area (Å²) in [4.78, 5) is 20.9. The van der Waals surface area contributed by atoms with Gasteiger partial charge >= 0.3 is 6.09 Å². The Morgan fingerprint density at radius 2 is 2.08 bits per heavy atom. The molecule has 6 heteroatoms. The highest BCUT2D eigenvalue weighted by Gasteiger charge is 2.51. The zero-order valence-corrected chi connectivity index (χ0v) is 14.7. The Hall–Kier alpha value is -1.56. The summed E-state index contributed by atoms with van der Waals surface area (Å²) in [5, 5.41) is 0. The summed E-state index contributed by atoms with van der Waals surface area (Å²) in [5.41, 5.74) is 5.68. The van der Waals surface area contributed by atoms with Crippen molar-refractivity contribution in [2.45, 2.75) is 51.1 Å². The molecule has 0 atom stereocenters. The minimum atomic E-state index is -0.136. The normalized spacial score (nSPS) is 32.0. The Kier molecular flexibility index (Phi) is 5.43. The van der Waals surface area contributed by atoms with Crippen LogP contribution < -0.4 is 5.73 Å². The van der Waals surface area contributed by atoms with Gasteiger partial charge < -0.3 is 20.3 Å². The van der Waals surface area contributed by atoms with E-state index in [9.17, 15) is 4.79 Å². The maximum atomic E-state index is 11.9. The lowest BCUT2D eigenvalue weighted by molar-refractivity contribution is -0.00419. The first-order valence-corrected chi connectivity index (χ1v) is 9.21. The minimum Gasteiger partial charge on any atom is -0.450 e. The van der Waals surface area contributed by atoms with E-state index in [0.29, 0.717) is 24.1 Å². The molecule has 0 radical (unpaired) electrons. The van der Waals surface area contributed by atoms with Crippen LogP contribution in [0.15, 0.2) is 17.3 Å². The van der Waals surface area contributed by atoms with Gasteiger partial charge in [-0.2, -0.15) is 0 Å². The second-order valence-electron chi connectivity index (χ2n) is 7.38. The van der Waals surface area contributed by atoms with Crippen LogP contribution in [-0.4, -0.2) is 67.0 Å². The molecule has 1 saturated carbocycles. The molecule has 2 aliphatic heterocycles. The van der Waals surface area contributed by atoms with E-state index in [0.717, 1.165) is 45.4 Å². The topological polar surface area (TPSA) is 71.2 Å². The molecule has 3 rings (SSSR count). The Bertz CT molecular complexity index is 491. The van der Waals surface area contributed by atoms with Crippen molar-refractivity contribution in [3.05, 3.63) is 12.3 Å². The predicted octanol–water partition coefficient (Wildman–Crippen LogP) is 2.00. The molecule has 0 aromatic heterocycles. The van der Waals surface area contributed by atoms with Gasteiger partial charge in [0.2, 0.25) is 0 Å². The molecule has 2 N–H and O–H groups in total. The van der Waals surface area contributed by atoms with Crippen LogP contribution in [0.4, 0.5) is 4.79 Å². The van der Waals surface area contributed by atoms with Crippen molar-refractivity contribution in [3.63, 3.8) is 0 Å². The third-order valence-electron chi connectivity index (χ3n) is 5.81. The van der Waals surface area contributed by atoms with Crippen molar-refractivity contribution in [3.8, 4) is 0 Å². The lowest BCUT2D eigenvalue weighted by Crippen LogP contribution is -2.54. The maximum absolute atomic E-state index is 11.9. The maximum Gasteiger partial charge on any atom is 0.409 e. The molecule has 0 bridgehead atoms. The largest absolute Gasteiger partial charge is 0.450 e. The Balaban J connectivity index is 1.41. The summed E-state index contributed by atoms with van der Waals surface area (Å²) in [6.45, 7) is 6.34. The van der Waals surface area contributed by atoms with Crippen molar-refractivity contribution in [1.82, 2.24) is 9.80 Å². The molecular weight excluding hydrogens is 304 g/mol. The van der Waals surface area contributed by atoms with Crippen molar-refractivity contribution >= 4 is 12.3 Å². The first kappa shape index (κ1) is 17.3. The second-order valence-corrected chi connectivity index (χ2v) is 7.38. The molecule has 1 aliphatic carbocycles. The molecule has 0 aromatic carbocycles. The predicted molar refractivity (Wildman–Crippen MR) is 95.1 cm³/mol. The van der Waals surface area contributed by atoms with Gasteiger partial charge in [-0.05, 0) is 56.7 Å². The monoisotopic (exact) mass is 334 g/mol.